The van der Waals surface area contributed by atoms with E-state index in [1.807, 2.05) is 0 Å². The average molecular weight is 326 g/mol. The van der Waals surface area contributed by atoms with E-state index in [1.165, 1.54) is 44.8 Å². The van der Waals surface area contributed by atoms with E-state index in [-0.39, 0.29) is 5.54 Å². The molecule has 0 fully saturated rings. The minimum Gasteiger partial charge on any atom is -0.258 e. The monoisotopic (exact) mass is 325 g/mol. The number of nitrogens with zero attached hydrogens (tertiary/aromatic N) is 2. The second-order valence-corrected chi connectivity index (χ2v) is 8.21. The van der Waals surface area contributed by atoms with Gasteiger partial charge in [-0.25, -0.2) is 0 Å². The van der Waals surface area contributed by atoms with Gasteiger partial charge in [0.25, 0.3) is 0 Å². The van der Waals surface area contributed by atoms with Crippen LogP contribution in [0.3, 0.4) is 0 Å². The molecule has 0 aliphatic heterocycles. The predicted octanol–water partition coefficient (Wildman–Crippen LogP) is 5.26. The van der Waals surface area contributed by atoms with Crippen molar-refractivity contribution in [1.82, 2.24) is 4.98 Å². The van der Waals surface area contributed by atoms with Crippen LogP contribution in [0, 0.1) is 55.4 Å². The normalized spacial score (nSPS) is 12.0. The Labute approximate surface area is 148 Å². The third-order valence-corrected chi connectivity index (χ3v) is 5.60. The van der Waals surface area contributed by atoms with Gasteiger partial charge in [-0.2, -0.15) is 4.57 Å². The molecule has 2 aromatic heterocycles. The van der Waals surface area contributed by atoms with Crippen molar-refractivity contribution in [2.45, 2.75) is 81.7 Å². The third-order valence-electron chi connectivity index (χ3n) is 5.60. The van der Waals surface area contributed by atoms with Crippen LogP contribution in [0.15, 0.2) is 0 Å². The van der Waals surface area contributed by atoms with Gasteiger partial charge in [-0.1, -0.05) is 0 Å². The molecule has 0 radical (unpaired) electrons. The van der Waals surface area contributed by atoms with Crippen molar-refractivity contribution in [3.63, 3.8) is 0 Å². The predicted molar refractivity (Wildman–Crippen MR) is 103 cm³/mol. The summed E-state index contributed by atoms with van der Waals surface area (Å²) in [5.41, 5.74) is 13.2. The Morgan fingerprint density at radius 1 is 0.583 bits per heavy atom. The molecule has 0 atom stereocenters. The van der Waals surface area contributed by atoms with Gasteiger partial charge in [-0.05, 0) is 58.2 Å². The third kappa shape index (κ3) is 2.76. The number of hydrogen-bond acceptors (Lipinski definition) is 1. The van der Waals surface area contributed by atoms with E-state index in [0.717, 1.165) is 11.4 Å². The molecule has 2 aromatic rings. The standard InChI is InChI=1S/C22H33N2/c1-12-16(5)23-17(6)13(2)20(12)21-14(3)18(7)24(22(9,10)11)19(8)15(21)4/h1-11H3/q+1. The molecule has 2 rings (SSSR count). The largest absolute Gasteiger partial charge is 0.258 e. The van der Waals surface area contributed by atoms with Gasteiger partial charge >= 0.3 is 0 Å². The molecule has 0 saturated carbocycles. The smallest absolute Gasteiger partial charge is 0.182 e. The first-order chi connectivity index (χ1) is 10.9. The first kappa shape index (κ1) is 18.6. The SMILES string of the molecule is Cc1nc(C)c(C)c(-c2c(C)c(C)[n+](C(C)(C)C)c(C)c2C)c1C. The first-order valence-corrected chi connectivity index (χ1v) is 8.87. The van der Waals surface area contributed by atoms with Crippen molar-refractivity contribution in [2.75, 3.05) is 0 Å². The average Bonchev–Trinajstić information content (AvgIpc) is 2.45. The zero-order valence-corrected chi connectivity index (χ0v) is 17.4. The van der Waals surface area contributed by atoms with E-state index < -0.39 is 0 Å². The summed E-state index contributed by atoms with van der Waals surface area (Å²) in [5, 5.41) is 0. The molecule has 0 unspecified atom stereocenters. The van der Waals surface area contributed by atoms with Crippen LogP contribution in [-0.4, -0.2) is 4.98 Å². The molecule has 24 heavy (non-hydrogen) atoms. The fourth-order valence-electron chi connectivity index (χ4n) is 4.05. The maximum atomic E-state index is 4.71. The minimum absolute atomic E-state index is 0.0797. The van der Waals surface area contributed by atoms with Gasteiger partial charge in [0.15, 0.2) is 16.9 Å². The van der Waals surface area contributed by atoms with Crippen LogP contribution in [0.4, 0.5) is 0 Å². The maximum absolute atomic E-state index is 4.71. The van der Waals surface area contributed by atoms with Crippen molar-refractivity contribution in [2.24, 2.45) is 0 Å². The lowest BCUT2D eigenvalue weighted by molar-refractivity contribution is -0.764. The lowest BCUT2D eigenvalue weighted by Gasteiger charge is -2.24. The first-order valence-electron chi connectivity index (χ1n) is 8.87. The van der Waals surface area contributed by atoms with Crippen LogP contribution < -0.4 is 4.57 Å². The Balaban J connectivity index is 3.00. The summed E-state index contributed by atoms with van der Waals surface area (Å²) in [7, 11) is 0. The molecule has 2 heteroatoms. The van der Waals surface area contributed by atoms with Gasteiger partial charge in [0.1, 0.15) is 0 Å². The van der Waals surface area contributed by atoms with Crippen LogP contribution in [0.2, 0.25) is 0 Å². The van der Waals surface area contributed by atoms with E-state index in [9.17, 15) is 0 Å². The van der Waals surface area contributed by atoms with Gasteiger partial charge in [-0.3, -0.25) is 4.98 Å². The van der Waals surface area contributed by atoms with E-state index in [0.29, 0.717) is 0 Å². The molecule has 0 aromatic carbocycles. The fraction of sp³-hybridized carbons (Fsp3) is 0.545. The molecule has 0 spiro atoms. The molecule has 130 valence electrons. The van der Waals surface area contributed by atoms with E-state index in [4.69, 9.17) is 4.98 Å². The number of pyridine rings is 2. The van der Waals surface area contributed by atoms with E-state index in [1.54, 1.807) is 0 Å². The number of rotatable bonds is 1. The summed E-state index contributed by atoms with van der Waals surface area (Å²) in [6.45, 7) is 24.5. The van der Waals surface area contributed by atoms with Crippen LogP contribution in [0.1, 0.15) is 65.8 Å². The molecule has 0 aliphatic rings. The summed E-state index contributed by atoms with van der Waals surface area (Å²) in [6.07, 6.45) is 0. The van der Waals surface area contributed by atoms with Gasteiger partial charge in [-0.15, -0.1) is 0 Å². The van der Waals surface area contributed by atoms with Crippen LogP contribution in [0.25, 0.3) is 11.1 Å². The highest BCUT2D eigenvalue weighted by Crippen LogP contribution is 2.36. The zero-order chi connectivity index (χ0) is 18.6. The van der Waals surface area contributed by atoms with E-state index in [2.05, 4.69) is 80.7 Å². The van der Waals surface area contributed by atoms with Crippen LogP contribution >= 0.6 is 0 Å². The Hall–Kier alpha value is -1.70. The molecule has 0 bridgehead atoms. The molecule has 0 aliphatic carbocycles. The van der Waals surface area contributed by atoms with Gasteiger partial charge < -0.3 is 0 Å². The number of aromatic nitrogens is 2. The van der Waals surface area contributed by atoms with Crippen molar-refractivity contribution in [3.05, 3.63) is 45.0 Å². The summed E-state index contributed by atoms with van der Waals surface area (Å²) >= 11 is 0. The van der Waals surface area contributed by atoms with Crippen molar-refractivity contribution in [1.29, 1.82) is 0 Å². The highest BCUT2D eigenvalue weighted by molar-refractivity contribution is 5.77. The zero-order valence-electron chi connectivity index (χ0n) is 17.4. The highest BCUT2D eigenvalue weighted by atomic mass is 15.1. The lowest BCUT2D eigenvalue weighted by atomic mass is 9.86. The topological polar surface area (TPSA) is 16.8 Å². The van der Waals surface area contributed by atoms with Crippen LogP contribution in [-0.2, 0) is 5.54 Å². The Morgan fingerprint density at radius 2 is 0.917 bits per heavy atom. The Kier molecular flexibility index (Phi) is 4.65. The van der Waals surface area contributed by atoms with Crippen molar-refractivity contribution >= 4 is 0 Å². The van der Waals surface area contributed by atoms with Gasteiger partial charge in [0.05, 0.1) is 0 Å². The molecule has 2 heterocycles. The molecule has 0 N–H and O–H groups in total. The number of hydrogen-bond donors (Lipinski definition) is 0. The molecule has 0 saturated heterocycles. The summed E-state index contributed by atoms with van der Waals surface area (Å²) in [6, 6.07) is 0. The number of aryl methyl sites for hydroxylation is 2. The summed E-state index contributed by atoms with van der Waals surface area (Å²) < 4.78 is 2.48. The minimum atomic E-state index is 0.0797. The molecular formula is C22H33N2+. The highest BCUT2D eigenvalue weighted by Gasteiger charge is 2.32. The molecule has 0 amide bonds. The fourth-order valence-corrected chi connectivity index (χ4v) is 4.05. The summed E-state index contributed by atoms with van der Waals surface area (Å²) in [5.74, 6) is 0. The van der Waals surface area contributed by atoms with Crippen molar-refractivity contribution in [3.8, 4) is 11.1 Å². The molecule has 2 nitrogen and oxygen atoms in total. The maximum Gasteiger partial charge on any atom is 0.182 e. The lowest BCUT2D eigenvalue weighted by Crippen LogP contribution is -2.55. The van der Waals surface area contributed by atoms with E-state index >= 15 is 0 Å². The van der Waals surface area contributed by atoms with Gasteiger partial charge in [0, 0.05) is 62.7 Å². The molecular weight excluding hydrogens is 292 g/mol. The Bertz CT molecular complexity index is 766. The quantitative estimate of drug-likeness (QED) is 0.654. The van der Waals surface area contributed by atoms with Crippen molar-refractivity contribution < 1.29 is 4.57 Å². The Morgan fingerprint density at radius 3 is 1.25 bits per heavy atom. The second-order valence-electron chi connectivity index (χ2n) is 8.21. The second kappa shape index (κ2) is 5.98. The summed E-state index contributed by atoms with van der Waals surface area (Å²) in [4.78, 5) is 4.71. The van der Waals surface area contributed by atoms with Crippen LogP contribution in [0.5, 0.6) is 0 Å². The van der Waals surface area contributed by atoms with Gasteiger partial charge in [0.2, 0.25) is 0 Å².